The summed E-state index contributed by atoms with van der Waals surface area (Å²) in [5.74, 6) is 1.03. The van der Waals surface area contributed by atoms with Gasteiger partial charge in [0.25, 0.3) is 0 Å². The van der Waals surface area contributed by atoms with Gasteiger partial charge in [-0.3, -0.25) is 0 Å². The van der Waals surface area contributed by atoms with Crippen molar-refractivity contribution < 1.29 is 4.74 Å². The molecule has 0 N–H and O–H groups in total. The van der Waals surface area contributed by atoms with Gasteiger partial charge in [0.05, 0.1) is 6.61 Å². The second-order valence-corrected chi connectivity index (χ2v) is 7.00. The van der Waals surface area contributed by atoms with Crippen molar-refractivity contribution in [1.29, 1.82) is 0 Å². The van der Waals surface area contributed by atoms with Crippen molar-refractivity contribution in [3.63, 3.8) is 0 Å². The van der Waals surface area contributed by atoms with Crippen molar-refractivity contribution in [2.75, 3.05) is 6.61 Å². The monoisotopic (exact) mass is 318 g/mol. The molecule has 0 fully saturated rings. The fourth-order valence-corrected chi connectivity index (χ4v) is 1.67. The SMILES string of the molecule is CCCOc1cc(C(C)(C)I)ccc1C. The van der Waals surface area contributed by atoms with Gasteiger partial charge in [0.2, 0.25) is 0 Å². The summed E-state index contributed by atoms with van der Waals surface area (Å²) in [5.41, 5.74) is 2.53. The topological polar surface area (TPSA) is 9.23 Å². The van der Waals surface area contributed by atoms with E-state index in [1.54, 1.807) is 0 Å². The zero-order valence-corrected chi connectivity index (χ0v) is 12.1. The van der Waals surface area contributed by atoms with E-state index in [-0.39, 0.29) is 3.42 Å². The number of benzene rings is 1. The Morgan fingerprint density at radius 3 is 2.53 bits per heavy atom. The molecule has 0 aliphatic rings. The lowest BCUT2D eigenvalue weighted by Crippen LogP contribution is -2.07. The molecule has 0 saturated heterocycles. The molecule has 0 aromatic heterocycles. The Balaban J connectivity index is 2.95. The van der Waals surface area contributed by atoms with E-state index < -0.39 is 0 Å². The van der Waals surface area contributed by atoms with Gasteiger partial charge >= 0.3 is 0 Å². The maximum atomic E-state index is 5.72. The Morgan fingerprint density at radius 2 is 2.00 bits per heavy atom. The molecule has 1 rings (SSSR count). The standard InChI is InChI=1S/C13H19IO/c1-5-8-15-12-9-11(13(3,4)14)7-6-10(12)2/h6-7,9H,5,8H2,1-4H3. The highest BCUT2D eigenvalue weighted by Gasteiger charge is 2.16. The van der Waals surface area contributed by atoms with Crippen LogP contribution in [-0.4, -0.2) is 6.61 Å². The van der Waals surface area contributed by atoms with Crippen LogP contribution in [0.5, 0.6) is 5.75 Å². The Bertz CT molecular complexity index is 326. The van der Waals surface area contributed by atoms with Crippen molar-refractivity contribution in [1.82, 2.24) is 0 Å². The summed E-state index contributed by atoms with van der Waals surface area (Å²) in [6.45, 7) is 9.44. The van der Waals surface area contributed by atoms with E-state index in [2.05, 4.69) is 68.5 Å². The van der Waals surface area contributed by atoms with E-state index in [9.17, 15) is 0 Å². The van der Waals surface area contributed by atoms with Crippen LogP contribution in [0.3, 0.4) is 0 Å². The molecule has 0 saturated carbocycles. The largest absolute Gasteiger partial charge is 0.493 e. The molecule has 0 heterocycles. The van der Waals surface area contributed by atoms with Crippen LogP contribution in [-0.2, 0) is 3.42 Å². The summed E-state index contributed by atoms with van der Waals surface area (Å²) in [4.78, 5) is 0. The van der Waals surface area contributed by atoms with Gasteiger partial charge in [-0.05, 0) is 44.4 Å². The molecule has 1 aromatic carbocycles. The Hall–Kier alpha value is -0.250. The molecular formula is C13H19IO. The van der Waals surface area contributed by atoms with Crippen LogP contribution in [0.25, 0.3) is 0 Å². The second-order valence-electron chi connectivity index (χ2n) is 4.30. The van der Waals surface area contributed by atoms with Crippen molar-refractivity contribution in [3.8, 4) is 5.75 Å². The molecule has 0 amide bonds. The van der Waals surface area contributed by atoms with E-state index in [1.165, 1.54) is 11.1 Å². The molecule has 84 valence electrons. The normalized spacial score (nSPS) is 11.5. The van der Waals surface area contributed by atoms with E-state index >= 15 is 0 Å². The van der Waals surface area contributed by atoms with Crippen LogP contribution < -0.4 is 4.74 Å². The number of hydrogen-bond donors (Lipinski definition) is 0. The van der Waals surface area contributed by atoms with Crippen LogP contribution in [0.2, 0.25) is 0 Å². The van der Waals surface area contributed by atoms with Gasteiger partial charge in [0.15, 0.2) is 0 Å². The van der Waals surface area contributed by atoms with E-state index in [0.717, 1.165) is 18.8 Å². The third kappa shape index (κ3) is 3.67. The first-order chi connectivity index (χ1) is 6.95. The molecule has 0 atom stereocenters. The van der Waals surface area contributed by atoms with Gasteiger partial charge < -0.3 is 4.74 Å². The zero-order valence-electron chi connectivity index (χ0n) is 9.93. The lowest BCUT2D eigenvalue weighted by atomic mass is 10.0. The van der Waals surface area contributed by atoms with Crippen molar-refractivity contribution in [3.05, 3.63) is 29.3 Å². The number of halogens is 1. The molecular weight excluding hydrogens is 299 g/mol. The maximum absolute atomic E-state index is 5.72. The highest BCUT2D eigenvalue weighted by Crippen LogP contribution is 2.33. The van der Waals surface area contributed by atoms with Gasteiger partial charge in [-0.1, -0.05) is 41.6 Å². The molecule has 2 heteroatoms. The lowest BCUT2D eigenvalue weighted by molar-refractivity contribution is 0.315. The van der Waals surface area contributed by atoms with Gasteiger partial charge in [-0.15, -0.1) is 0 Å². The van der Waals surface area contributed by atoms with Crippen molar-refractivity contribution in [2.24, 2.45) is 0 Å². The van der Waals surface area contributed by atoms with Gasteiger partial charge in [0, 0.05) is 3.42 Å². The van der Waals surface area contributed by atoms with Crippen molar-refractivity contribution >= 4 is 22.6 Å². The molecule has 1 nitrogen and oxygen atoms in total. The zero-order chi connectivity index (χ0) is 11.5. The molecule has 15 heavy (non-hydrogen) atoms. The third-order valence-electron chi connectivity index (χ3n) is 2.34. The summed E-state index contributed by atoms with van der Waals surface area (Å²) in [7, 11) is 0. The lowest BCUT2D eigenvalue weighted by Gasteiger charge is -2.19. The summed E-state index contributed by atoms with van der Waals surface area (Å²) in [6, 6.07) is 6.48. The fraction of sp³-hybridized carbons (Fsp3) is 0.538. The van der Waals surface area contributed by atoms with E-state index in [0.29, 0.717) is 0 Å². The minimum atomic E-state index is 0.162. The molecule has 0 radical (unpaired) electrons. The molecule has 0 unspecified atom stereocenters. The van der Waals surface area contributed by atoms with Crippen LogP contribution in [0.4, 0.5) is 0 Å². The smallest absolute Gasteiger partial charge is 0.122 e. The predicted molar refractivity (Wildman–Crippen MR) is 74.0 cm³/mol. The van der Waals surface area contributed by atoms with Crippen molar-refractivity contribution in [2.45, 2.75) is 37.5 Å². The van der Waals surface area contributed by atoms with Crippen LogP contribution in [0, 0.1) is 6.92 Å². The van der Waals surface area contributed by atoms with Crippen LogP contribution in [0.15, 0.2) is 18.2 Å². The average Bonchev–Trinajstić information content (AvgIpc) is 2.15. The summed E-state index contributed by atoms with van der Waals surface area (Å²) in [6.07, 6.45) is 1.05. The first kappa shape index (κ1) is 12.8. The highest BCUT2D eigenvalue weighted by molar-refractivity contribution is 14.1. The average molecular weight is 318 g/mol. The quantitative estimate of drug-likeness (QED) is 0.588. The predicted octanol–water partition coefficient (Wildman–Crippen LogP) is 4.45. The first-order valence-corrected chi connectivity index (χ1v) is 6.46. The second kappa shape index (κ2) is 5.19. The van der Waals surface area contributed by atoms with E-state index in [1.807, 2.05) is 0 Å². The number of ether oxygens (including phenoxy) is 1. The minimum Gasteiger partial charge on any atom is -0.493 e. The Kier molecular flexibility index (Phi) is 4.44. The minimum absolute atomic E-state index is 0.162. The van der Waals surface area contributed by atoms with E-state index in [4.69, 9.17) is 4.74 Å². The number of aryl methyl sites for hydroxylation is 1. The Labute approximate surface area is 106 Å². The van der Waals surface area contributed by atoms with Gasteiger partial charge in [0.1, 0.15) is 5.75 Å². The third-order valence-corrected chi connectivity index (χ3v) is 2.96. The molecule has 0 bridgehead atoms. The highest BCUT2D eigenvalue weighted by atomic mass is 127. The van der Waals surface area contributed by atoms with Crippen LogP contribution >= 0.6 is 22.6 Å². The molecule has 0 spiro atoms. The van der Waals surface area contributed by atoms with Crippen LogP contribution in [0.1, 0.15) is 38.3 Å². The molecule has 0 aliphatic heterocycles. The maximum Gasteiger partial charge on any atom is 0.122 e. The number of alkyl halides is 1. The first-order valence-electron chi connectivity index (χ1n) is 5.38. The summed E-state index contributed by atoms with van der Waals surface area (Å²) < 4.78 is 5.88. The fourth-order valence-electron chi connectivity index (χ4n) is 1.34. The molecule has 0 aliphatic carbocycles. The summed E-state index contributed by atoms with van der Waals surface area (Å²) in [5, 5.41) is 0. The Morgan fingerprint density at radius 1 is 1.33 bits per heavy atom. The van der Waals surface area contributed by atoms with Gasteiger partial charge in [-0.2, -0.15) is 0 Å². The number of rotatable bonds is 4. The van der Waals surface area contributed by atoms with Gasteiger partial charge in [-0.25, -0.2) is 0 Å². The summed E-state index contributed by atoms with van der Waals surface area (Å²) >= 11 is 2.45. The molecule has 1 aromatic rings. The number of hydrogen-bond acceptors (Lipinski definition) is 1.